The molecule has 0 saturated carbocycles. The average Bonchev–Trinajstić information content (AvgIpc) is 3.68. The molecule has 0 radical (unpaired) electrons. The molecule has 0 aromatic carbocycles. The number of hydrogen-bond donors (Lipinski definition) is 0. The molecule has 0 fully saturated rings. The van der Waals surface area contributed by atoms with Gasteiger partial charge in [0, 0.05) is 44.9 Å². The molecular formula is C30H19N3O6S3. The Morgan fingerprint density at radius 1 is 0.714 bits per heavy atom. The Kier molecular flexibility index (Phi) is 6.86. The Labute approximate surface area is 251 Å². The van der Waals surface area contributed by atoms with Crippen LogP contribution in [-0.2, 0) is 9.59 Å². The molecule has 12 heteroatoms. The van der Waals surface area contributed by atoms with E-state index in [4.69, 9.17) is 23.9 Å². The Bertz CT molecular complexity index is 1950. The van der Waals surface area contributed by atoms with E-state index in [-0.39, 0.29) is 5.75 Å². The summed E-state index contributed by atoms with van der Waals surface area (Å²) >= 11 is 5.15. The molecule has 0 bridgehead atoms. The third kappa shape index (κ3) is 4.89. The van der Waals surface area contributed by atoms with Crippen LogP contribution in [0.2, 0.25) is 0 Å². The maximum Gasteiger partial charge on any atom is 0.298 e. The maximum absolute atomic E-state index is 11.2. The summed E-state index contributed by atoms with van der Waals surface area (Å²) < 4.78 is 24.9. The van der Waals surface area contributed by atoms with Crippen molar-refractivity contribution < 1.29 is 28.5 Å². The van der Waals surface area contributed by atoms with E-state index in [0.717, 1.165) is 25.9 Å². The van der Waals surface area contributed by atoms with E-state index in [1.807, 2.05) is 12.1 Å². The number of rotatable bonds is 8. The Hall–Kier alpha value is -4.65. The van der Waals surface area contributed by atoms with Gasteiger partial charge in [-0.25, -0.2) is 4.98 Å². The number of hydrogen-bond acceptors (Lipinski definition) is 12. The number of fused-ring (bicyclic) bond motifs is 2. The molecule has 0 spiro atoms. The van der Waals surface area contributed by atoms with Crippen molar-refractivity contribution >= 4 is 56.4 Å². The number of carbonyl (C=O) groups excluding carboxylic acids is 2. The van der Waals surface area contributed by atoms with Gasteiger partial charge in [0.05, 0.1) is 37.4 Å². The van der Waals surface area contributed by atoms with Crippen molar-refractivity contribution in [2.45, 2.75) is 6.92 Å². The molecule has 6 aromatic rings. The summed E-state index contributed by atoms with van der Waals surface area (Å²) in [4.78, 5) is 40.1. The van der Waals surface area contributed by atoms with E-state index in [9.17, 15) is 9.59 Å². The molecular weight excluding hydrogens is 595 g/mol. The largest absolute Gasteiger partial charge is 0.485 e. The van der Waals surface area contributed by atoms with Gasteiger partial charge in [0.2, 0.25) is 0 Å². The second-order valence-electron chi connectivity index (χ2n) is 9.12. The minimum absolute atomic E-state index is 0.265. The van der Waals surface area contributed by atoms with Gasteiger partial charge in [-0.05, 0) is 42.8 Å². The average molecular weight is 614 g/mol. The molecule has 42 heavy (non-hydrogen) atoms. The van der Waals surface area contributed by atoms with Crippen LogP contribution in [0.4, 0.5) is 0 Å². The van der Waals surface area contributed by atoms with Crippen molar-refractivity contribution in [1.82, 2.24) is 15.0 Å². The summed E-state index contributed by atoms with van der Waals surface area (Å²) in [5.74, 6) is 2.05. The lowest BCUT2D eigenvalue weighted by Gasteiger charge is -2.17. The number of carbonyl (C=O) groups is 2. The van der Waals surface area contributed by atoms with E-state index in [1.54, 1.807) is 64.5 Å². The van der Waals surface area contributed by atoms with Crippen LogP contribution >= 0.6 is 34.0 Å². The predicted octanol–water partition coefficient (Wildman–Crippen LogP) is 7.03. The lowest BCUT2D eigenvalue weighted by molar-refractivity contribution is -0.121. The van der Waals surface area contributed by atoms with Crippen LogP contribution < -0.4 is 18.9 Å². The zero-order valence-corrected chi connectivity index (χ0v) is 24.3. The van der Waals surface area contributed by atoms with Crippen LogP contribution in [-0.4, -0.2) is 41.1 Å². The number of pyridine rings is 3. The minimum Gasteiger partial charge on any atom is -0.485 e. The zero-order chi connectivity index (χ0) is 28.6. The van der Waals surface area contributed by atoms with Gasteiger partial charge >= 0.3 is 0 Å². The summed E-state index contributed by atoms with van der Waals surface area (Å²) in [6.45, 7) is 3.75. The van der Waals surface area contributed by atoms with E-state index in [2.05, 4.69) is 29.0 Å². The number of aromatic nitrogens is 3. The van der Waals surface area contributed by atoms with Gasteiger partial charge in [-0.2, -0.15) is 0 Å². The molecule has 1 aliphatic heterocycles. The molecule has 0 saturated heterocycles. The molecule has 7 rings (SSSR count). The topological polar surface area (TPSA) is 110 Å². The van der Waals surface area contributed by atoms with Crippen LogP contribution in [0.3, 0.4) is 0 Å². The fourth-order valence-electron chi connectivity index (χ4n) is 4.65. The summed E-state index contributed by atoms with van der Waals surface area (Å²) in [6, 6.07) is 14.6. The molecule has 7 heterocycles. The van der Waals surface area contributed by atoms with E-state index in [0.29, 0.717) is 60.4 Å². The SMILES string of the molecule is Cc1cc2sc(-c3sc(-c4ccnc(-c5cc(OC=O)cc(-c6cc(OC=O)ccn6)n5)c4)c4c3OCCO4)cc2s1. The molecule has 0 atom stereocenters. The predicted molar refractivity (Wildman–Crippen MR) is 162 cm³/mol. The number of aryl methyl sites for hydroxylation is 1. The summed E-state index contributed by atoms with van der Waals surface area (Å²) in [5, 5.41) is 0. The molecule has 0 N–H and O–H groups in total. The van der Waals surface area contributed by atoms with Crippen LogP contribution in [0.25, 0.3) is 52.4 Å². The van der Waals surface area contributed by atoms with Gasteiger partial charge in [0.1, 0.15) is 24.7 Å². The quantitative estimate of drug-likeness (QED) is 0.167. The first kappa shape index (κ1) is 26.3. The van der Waals surface area contributed by atoms with Crippen molar-refractivity contribution in [1.29, 1.82) is 0 Å². The van der Waals surface area contributed by atoms with Gasteiger partial charge in [0.25, 0.3) is 12.9 Å². The second kappa shape index (κ2) is 11.0. The Morgan fingerprint density at radius 3 is 2.10 bits per heavy atom. The molecule has 6 aromatic heterocycles. The van der Waals surface area contributed by atoms with Crippen molar-refractivity contribution in [3.05, 3.63) is 65.8 Å². The first-order valence-corrected chi connectivity index (χ1v) is 15.1. The monoisotopic (exact) mass is 613 g/mol. The van der Waals surface area contributed by atoms with Crippen LogP contribution in [0.1, 0.15) is 4.88 Å². The van der Waals surface area contributed by atoms with Gasteiger partial charge in [0.15, 0.2) is 11.5 Å². The van der Waals surface area contributed by atoms with E-state index in [1.165, 1.54) is 20.5 Å². The summed E-state index contributed by atoms with van der Waals surface area (Å²) in [7, 11) is 0. The van der Waals surface area contributed by atoms with Gasteiger partial charge < -0.3 is 18.9 Å². The number of ether oxygens (including phenoxy) is 4. The van der Waals surface area contributed by atoms with E-state index >= 15 is 0 Å². The van der Waals surface area contributed by atoms with Gasteiger partial charge in [-0.15, -0.1) is 34.0 Å². The van der Waals surface area contributed by atoms with Crippen LogP contribution in [0.5, 0.6) is 23.0 Å². The zero-order valence-electron chi connectivity index (χ0n) is 21.9. The highest BCUT2D eigenvalue weighted by molar-refractivity contribution is 7.31. The summed E-state index contributed by atoms with van der Waals surface area (Å²) in [5.41, 5.74) is 2.74. The van der Waals surface area contributed by atoms with Crippen molar-refractivity contribution in [3.63, 3.8) is 0 Å². The first-order valence-electron chi connectivity index (χ1n) is 12.7. The standard InChI is InChI=1S/C30H19N3O6S3/c1-16-8-24-25(40-16)13-26(41-24)30-28-27(36-6-7-37-28)29(42-30)17-2-4-31-20(9-17)22-11-19(39-15-35)12-23(33-22)21-10-18(38-14-34)3-5-32-21/h2-5,8-15H,6-7H2,1H3. The van der Waals surface area contributed by atoms with Gasteiger partial charge in [-0.1, -0.05) is 0 Å². The molecule has 1 aliphatic rings. The molecule has 0 amide bonds. The highest BCUT2D eigenvalue weighted by Crippen LogP contribution is 2.55. The van der Waals surface area contributed by atoms with Crippen LogP contribution in [0, 0.1) is 6.92 Å². The third-order valence-electron chi connectivity index (χ3n) is 6.40. The number of thiophene rings is 3. The van der Waals surface area contributed by atoms with E-state index < -0.39 is 0 Å². The molecule has 9 nitrogen and oxygen atoms in total. The van der Waals surface area contributed by atoms with Crippen LogP contribution in [0.15, 0.2) is 60.9 Å². The smallest absolute Gasteiger partial charge is 0.298 e. The van der Waals surface area contributed by atoms with Gasteiger partial charge in [-0.3, -0.25) is 19.6 Å². The maximum atomic E-state index is 11.2. The van der Waals surface area contributed by atoms with Crippen molar-refractivity contribution in [3.8, 4) is 66.0 Å². The lowest BCUT2D eigenvalue weighted by atomic mass is 10.1. The minimum atomic E-state index is 0.265. The Balaban J connectivity index is 1.31. The third-order valence-corrected chi connectivity index (χ3v) is 9.99. The number of nitrogens with zero attached hydrogens (tertiary/aromatic N) is 3. The highest BCUT2D eigenvalue weighted by atomic mass is 32.1. The Morgan fingerprint density at radius 2 is 1.36 bits per heavy atom. The fraction of sp³-hybridized carbons (Fsp3) is 0.100. The van der Waals surface area contributed by atoms with Crippen molar-refractivity contribution in [2.75, 3.05) is 13.2 Å². The fourth-order valence-corrected chi connectivity index (χ4v) is 8.26. The van der Waals surface area contributed by atoms with Crippen molar-refractivity contribution in [2.24, 2.45) is 0 Å². The lowest BCUT2D eigenvalue weighted by Crippen LogP contribution is -2.14. The molecule has 208 valence electrons. The highest BCUT2D eigenvalue weighted by Gasteiger charge is 2.28. The first-order chi connectivity index (χ1) is 20.6. The second-order valence-corrected chi connectivity index (χ2v) is 12.5. The summed E-state index contributed by atoms with van der Waals surface area (Å²) in [6.07, 6.45) is 3.20. The molecule has 0 unspecified atom stereocenters. The normalized spacial score (nSPS) is 12.3. The molecule has 0 aliphatic carbocycles.